The number of nitrogens with one attached hydrogen (secondary N) is 1. The second kappa shape index (κ2) is 20.5. The monoisotopic (exact) mass is 585 g/mol. The summed E-state index contributed by atoms with van der Waals surface area (Å²) in [7, 11) is 0. The molecule has 6 N–H and O–H groups in total. The molecule has 0 fully saturated rings. The SMILES string of the molecule is O=C(O)C(=O)O.O=C(O)C(=O)O.OC(CNCCc1ccccn1)COc1ccccc1/C=N/OCc1ccccc1. The number of oxime groups is 1. The Morgan fingerprint density at radius 1 is 0.833 bits per heavy atom. The summed E-state index contributed by atoms with van der Waals surface area (Å²) in [6.07, 6.45) is 3.60. The molecule has 42 heavy (non-hydrogen) atoms. The van der Waals surface area contributed by atoms with Crippen molar-refractivity contribution in [2.75, 3.05) is 19.7 Å². The van der Waals surface area contributed by atoms with Gasteiger partial charge >= 0.3 is 23.9 Å². The van der Waals surface area contributed by atoms with Crippen LogP contribution in [-0.4, -0.2) is 86.4 Å². The quantitative estimate of drug-likeness (QED) is 0.0768. The number of ether oxygens (including phenoxy) is 1. The summed E-state index contributed by atoms with van der Waals surface area (Å²) < 4.78 is 5.78. The summed E-state index contributed by atoms with van der Waals surface area (Å²) in [5.41, 5.74) is 2.87. The van der Waals surface area contributed by atoms with E-state index in [1.165, 1.54) is 0 Å². The van der Waals surface area contributed by atoms with E-state index in [4.69, 9.17) is 49.2 Å². The highest BCUT2D eigenvalue weighted by atomic mass is 16.6. The van der Waals surface area contributed by atoms with Crippen molar-refractivity contribution in [1.82, 2.24) is 10.3 Å². The fraction of sp³-hybridized carbons (Fsp3) is 0.214. The van der Waals surface area contributed by atoms with Gasteiger partial charge in [0.15, 0.2) is 0 Å². The van der Waals surface area contributed by atoms with Gasteiger partial charge in [0.05, 0.1) is 6.21 Å². The van der Waals surface area contributed by atoms with E-state index >= 15 is 0 Å². The van der Waals surface area contributed by atoms with Gasteiger partial charge in [0.25, 0.3) is 0 Å². The lowest BCUT2D eigenvalue weighted by Gasteiger charge is -2.14. The number of carboxylic acid groups (broad SMARTS) is 4. The number of para-hydroxylation sites is 1. The number of hydrogen-bond donors (Lipinski definition) is 6. The van der Waals surface area contributed by atoms with E-state index in [9.17, 15) is 5.11 Å². The molecule has 0 saturated heterocycles. The van der Waals surface area contributed by atoms with Crippen LogP contribution in [0.5, 0.6) is 5.75 Å². The van der Waals surface area contributed by atoms with E-state index in [0.29, 0.717) is 18.9 Å². The first-order valence-corrected chi connectivity index (χ1v) is 12.2. The van der Waals surface area contributed by atoms with Crippen molar-refractivity contribution in [2.24, 2.45) is 5.16 Å². The maximum Gasteiger partial charge on any atom is 0.414 e. The summed E-state index contributed by atoms with van der Waals surface area (Å²) in [6, 6.07) is 23.2. The van der Waals surface area contributed by atoms with Crippen LogP contribution in [0.3, 0.4) is 0 Å². The molecular weight excluding hydrogens is 554 g/mol. The van der Waals surface area contributed by atoms with E-state index in [0.717, 1.165) is 29.8 Å². The first-order valence-electron chi connectivity index (χ1n) is 12.2. The Morgan fingerprint density at radius 2 is 1.43 bits per heavy atom. The zero-order valence-corrected chi connectivity index (χ0v) is 22.3. The molecule has 0 saturated carbocycles. The zero-order valence-electron chi connectivity index (χ0n) is 22.3. The third-order valence-corrected chi connectivity index (χ3v) is 4.72. The van der Waals surface area contributed by atoms with Gasteiger partial charge in [-0.3, -0.25) is 4.98 Å². The van der Waals surface area contributed by atoms with Crippen molar-refractivity contribution in [3.63, 3.8) is 0 Å². The second-order valence-electron chi connectivity index (χ2n) is 7.99. The summed E-state index contributed by atoms with van der Waals surface area (Å²) >= 11 is 0. The zero-order chi connectivity index (χ0) is 31.2. The van der Waals surface area contributed by atoms with Crippen molar-refractivity contribution in [1.29, 1.82) is 0 Å². The van der Waals surface area contributed by atoms with E-state index < -0.39 is 30.0 Å². The van der Waals surface area contributed by atoms with Gasteiger partial charge in [-0.05, 0) is 29.8 Å². The molecule has 1 aromatic heterocycles. The summed E-state index contributed by atoms with van der Waals surface area (Å²) in [5, 5.41) is 47.0. The number of carboxylic acids is 4. The van der Waals surface area contributed by atoms with Crippen molar-refractivity contribution in [3.8, 4) is 5.75 Å². The third-order valence-electron chi connectivity index (χ3n) is 4.72. The Hall–Kier alpha value is -5.34. The molecule has 14 heteroatoms. The highest BCUT2D eigenvalue weighted by Gasteiger charge is 2.08. The van der Waals surface area contributed by atoms with Crippen molar-refractivity contribution in [3.05, 3.63) is 95.8 Å². The number of rotatable bonds is 12. The van der Waals surface area contributed by atoms with Gasteiger partial charge in [-0.25, -0.2) is 19.2 Å². The molecule has 3 aromatic rings. The molecule has 0 spiro atoms. The number of aliphatic hydroxyl groups is 1. The van der Waals surface area contributed by atoms with E-state index in [1.54, 1.807) is 12.4 Å². The van der Waals surface area contributed by atoms with Gasteiger partial charge in [0.1, 0.15) is 25.1 Å². The lowest BCUT2D eigenvalue weighted by molar-refractivity contribution is -0.159. The average Bonchev–Trinajstić information content (AvgIpc) is 2.98. The Labute approximate surface area is 240 Å². The molecule has 0 aliphatic rings. The van der Waals surface area contributed by atoms with Crippen LogP contribution in [0.1, 0.15) is 16.8 Å². The highest BCUT2D eigenvalue weighted by Crippen LogP contribution is 2.16. The van der Waals surface area contributed by atoms with Crippen LogP contribution >= 0.6 is 0 Å². The molecule has 0 radical (unpaired) electrons. The van der Waals surface area contributed by atoms with Crippen LogP contribution in [0.2, 0.25) is 0 Å². The lowest BCUT2D eigenvalue weighted by atomic mass is 10.2. The second-order valence-corrected chi connectivity index (χ2v) is 7.99. The fourth-order valence-electron chi connectivity index (χ4n) is 2.77. The minimum Gasteiger partial charge on any atom is -0.490 e. The van der Waals surface area contributed by atoms with Crippen LogP contribution in [0, 0.1) is 0 Å². The number of aliphatic hydroxyl groups excluding tert-OH is 1. The van der Waals surface area contributed by atoms with Crippen molar-refractivity contribution < 1.29 is 54.3 Å². The number of aliphatic carboxylic acids is 4. The molecule has 1 heterocycles. The molecule has 0 bridgehead atoms. The average molecular weight is 586 g/mol. The molecule has 1 atom stereocenters. The Morgan fingerprint density at radius 3 is 2.02 bits per heavy atom. The number of aromatic nitrogens is 1. The number of hydrogen-bond acceptors (Lipinski definition) is 10. The van der Waals surface area contributed by atoms with Crippen molar-refractivity contribution >= 4 is 30.1 Å². The first kappa shape index (κ1) is 34.7. The minimum absolute atomic E-state index is 0.187. The molecule has 0 amide bonds. The van der Waals surface area contributed by atoms with Crippen LogP contribution < -0.4 is 10.1 Å². The van der Waals surface area contributed by atoms with Crippen LogP contribution in [-0.2, 0) is 37.0 Å². The smallest absolute Gasteiger partial charge is 0.414 e. The molecule has 224 valence electrons. The number of nitrogens with zero attached hydrogens (tertiary/aromatic N) is 2. The maximum atomic E-state index is 10.2. The molecule has 2 aromatic carbocycles. The minimum atomic E-state index is -1.82. The highest BCUT2D eigenvalue weighted by molar-refractivity contribution is 6.27. The first-order chi connectivity index (χ1) is 20.1. The predicted octanol–water partition coefficient (Wildman–Crippen LogP) is 1.52. The molecule has 3 rings (SSSR count). The molecule has 1 unspecified atom stereocenters. The number of benzene rings is 2. The normalized spacial score (nSPS) is 10.7. The molecular formula is C28H31N3O11. The Balaban J connectivity index is 0.000000618. The van der Waals surface area contributed by atoms with Gasteiger partial charge in [0, 0.05) is 37.0 Å². The molecule has 14 nitrogen and oxygen atoms in total. The lowest BCUT2D eigenvalue weighted by Crippen LogP contribution is -2.32. The predicted molar refractivity (Wildman–Crippen MR) is 148 cm³/mol. The van der Waals surface area contributed by atoms with Gasteiger partial charge in [-0.2, -0.15) is 0 Å². The Bertz CT molecular complexity index is 1220. The van der Waals surface area contributed by atoms with Gasteiger partial charge in [-0.15, -0.1) is 0 Å². The topological polar surface area (TPSA) is 225 Å². The van der Waals surface area contributed by atoms with Crippen molar-refractivity contribution in [2.45, 2.75) is 19.1 Å². The summed E-state index contributed by atoms with van der Waals surface area (Å²) in [4.78, 5) is 46.0. The Kier molecular flexibility index (Phi) is 17.0. The number of carbonyl (C=O) groups is 4. The van der Waals surface area contributed by atoms with E-state index in [-0.39, 0.29) is 6.61 Å². The summed E-state index contributed by atoms with van der Waals surface area (Å²) in [6.45, 7) is 1.79. The largest absolute Gasteiger partial charge is 0.490 e. The molecule has 0 aliphatic carbocycles. The third kappa shape index (κ3) is 16.6. The van der Waals surface area contributed by atoms with E-state index in [1.807, 2.05) is 72.8 Å². The summed E-state index contributed by atoms with van der Waals surface area (Å²) in [5.74, 6) is -6.65. The van der Waals surface area contributed by atoms with Gasteiger partial charge < -0.3 is 40.4 Å². The standard InChI is InChI=1S/C24H27N3O3.2C2H2O4/c28-23(17-25-15-13-22-11-6-7-14-26-22)19-29-24-12-5-4-10-21(24)16-27-30-18-20-8-2-1-3-9-20;2*3-1(4)2(5)6/h1-12,14,16,23,25,28H,13,15,17-19H2;2*(H,3,4)(H,5,6)/b27-16+;;. The van der Waals surface area contributed by atoms with Crippen LogP contribution in [0.25, 0.3) is 0 Å². The number of pyridine rings is 1. The van der Waals surface area contributed by atoms with Crippen LogP contribution in [0.15, 0.2) is 84.1 Å². The van der Waals surface area contributed by atoms with Gasteiger partial charge in [0.2, 0.25) is 0 Å². The fourth-order valence-corrected chi connectivity index (χ4v) is 2.77. The van der Waals surface area contributed by atoms with Gasteiger partial charge in [-0.1, -0.05) is 53.7 Å². The maximum absolute atomic E-state index is 10.2. The van der Waals surface area contributed by atoms with E-state index in [2.05, 4.69) is 15.5 Å². The van der Waals surface area contributed by atoms with Crippen LogP contribution in [0.4, 0.5) is 0 Å². The molecule has 0 aliphatic heterocycles.